The van der Waals surface area contributed by atoms with Gasteiger partial charge in [-0.2, -0.15) is 0 Å². The summed E-state index contributed by atoms with van der Waals surface area (Å²) in [4.78, 5) is 12.9. The van der Waals surface area contributed by atoms with E-state index in [9.17, 15) is 4.79 Å². The van der Waals surface area contributed by atoms with Gasteiger partial charge < -0.3 is 15.2 Å². The van der Waals surface area contributed by atoms with Crippen LogP contribution in [0.2, 0.25) is 0 Å². The summed E-state index contributed by atoms with van der Waals surface area (Å²) >= 11 is 0. The second-order valence-electron chi connectivity index (χ2n) is 4.07. The fourth-order valence-corrected chi connectivity index (χ4v) is 2.18. The number of nitrogens with zero attached hydrogens (tertiary/aromatic N) is 1. The fourth-order valence-electron chi connectivity index (χ4n) is 2.18. The van der Waals surface area contributed by atoms with Crippen LogP contribution in [-0.2, 0) is 4.79 Å². The quantitative estimate of drug-likeness (QED) is 0.271. The first kappa shape index (κ1) is 11.3. The van der Waals surface area contributed by atoms with E-state index in [4.69, 9.17) is 0 Å². The summed E-state index contributed by atoms with van der Waals surface area (Å²) in [5.74, 6) is 0.863. The molecule has 3 atom stereocenters. The first-order valence-corrected chi connectivity index (χ1v) is 4.57. The third-order valence-corrected chi connectivity index (χ3v) is 3.09. The van der Waals surface area contributed by atoms with Gasteiger partial charge in [0.05, 0.1) is 0 Å². The van der Waals surface area contributed by atoms with Crippen molar-refractivity contribution < 1.29 is 29.1 Å². The van der Waals surface area contributed by atoms with Crippen molar-refractivity contribution in [2.75, 3.05) is 0 Å². The number of rotatable bonds is 3. The molecule has 0 aromatic rings. The molecular formula is C9H13LiNO2-. The van der Waals surface area contributed by atoms with Gasteiger partial charge in [0, 0.05) is 12.1 Å². The molecule has 1 saturated heterocycles. The second-order valence-corrected chi connectivity index (χ2v) is 4.07. The molecule has 1 unspecified atom stereocenters. The molecule has 0 radical (unpaired) electrons. The van der Waals surface area contributed by atoms with Crippen molar-refractivity contribution in [2.24, 2.45) is 5.92 Å². The van der Waals surface area contributed by atoms with Gasteiger partial charge in [0.1, 0.15) is 0 Å². The van der Waals surface area contributed by atoms with Gasteiger partial charge >= 0.3 is 18.9 Å². The zero-order valence-corrected chi connectivity index (χ0v) is 7.94. The minimum Gasteiger partial charge on any atom is -0.870 e. The van der Waals surface area contributed by atoms with Crippen molar-refractivity contribution in [3.05, 3.63) is 0 Å². The van der Waals surface area contributed by atoms with Gasteiger partial charge in [-0.3, -0.25) is 0 Å². The Morgan fingerprint density at radius 2 is 1.77 bits per heavy atom. The van der Waals surface area contributed by atoms with Gasteiger partial charge in [0.15, 0.2) is 0 Å². The molecule has 13 heavy (non-hydrogen) atoms. The Labute approximate surface area is 90.3 Å². The molecule has 4 heteroatoms. The first-order chi connectivity index (χ1) is 5.42. The average Bonchev–Trinajstić information content (AvgIpc) is 2.83. The SMILES string of the molecule is O=[C-][C@H]1[C@@H](C2CC2)N1C1CC1.[Li+].[OH-]. The Kier molecular flexibility index (Phi) is 3.24. The zero-order chi connectivity index (χ0) is 7.42. The summed E-state index contributed by atoms with van der Waals surface area (Å²) < 4.78 is 0. The standard InChI is InChI=1S/C9H12NO.Li.H2O/c11-5-8-9(6-1-2-6)10(8)7-3-4-7;;/h6-9H,1-4H2;;1H2/q-1;+1;/p-1/t8-,9+,10?;;/m0../s1. The Hall–Kier alpha value is 0.187. The molecule has 2 aliphatic carbocycles. The number of hydrogen-bond donors (Lipinski definition) is 0. The molecule has 1 heterocycles. The summed E-state index contributed by atoms with van der Waals surface area (Å²) in [5.41, 5.74) is 0. The van der Waals surface area contributed by atoms with Gasteiger partial charge in [0.25, 0.3) is 0 Å². The van der Waals surface area contributed by atoms with Crippen LogP contribution >= 0.6 is 0 Å². The number of hydrogen-bond acceptors (Lipinski definition) is 3. The van der Waals surface area contributed by atoms with Crippen molar-refractivity contribution in [2.45, 2.75) is 43.8 Å². The minimum atomic E-state index is 0. The maximum atomic E-state index is 10.5. The van der Waals surface area contributed by atoms with E-state index in [0.29, 0.717) is 6.04 Å². The van der Waals surface area contributed by atoms with Crippen molar-refractivity contribution in [1.82, 2.24) is 4.90 Å². The van der Waals surface area contributed by atoms with Gasteiger partial charge in [-0.05, 0) is 31.6 Å². The van der Waals surface area contributed by atoms with Crippen LogP contribution in [0.5, 0.6) is 0 Å². The summed E-state index contributed by atoms with van der Waals surface area (Å²) in [6.45, 7) is 0. The largest absolute Gasteiger partial charge is 1.00 e. The molecule has 0 spiro atoms. The molecule has 0 aromatic carbocycles. The van der Waals surface area contributed by atoms with E-state index >= 15 is 0 Å². The number of carbonyl (C=O) groups excluding carboxylic acids is 1. The van der Waals surface area contributed by atoms with Crippen LogP contribution in [0.3, 0.4) is 0 Å². The van der Waals surface area contributed by atoms with Crippen LogP contribution in [0, 0.1) is 5.92 Å². The molecule has 1 aliphatic heterocycles. The van der Waals surface area contributed by atoms with Crippen LogP contribution < -0.4 is 18.9 Å². The summed E-state index contributed by atoms with van der Waals surface area (Å²) in [5, 5.41) is 0. The van der Waals surface area contributed by atoms with E-state index in [1.165, 1.54) is 25.7 Å². The van der Waals surface area contributed by atoms with Gasteiger partial charge in [-0.25, -0.2) is 6.29 Å². The van der Waals surface area contributed by atoms with Crippen molar-refractivity contribution in [3.63, 3.8) is 0 Å². The monoisotopic (exact) mass is 174 g/mol. The van der Waals surface area contributed by atoms with Crippen LogP contribution in [0.1, 0.15) is 25.7 Å². The van der Waals surface area contributed by atoms with Crippen LogP contribution in [0.4, 0.5) is 0 Å². The fraction of sp³-hybridized carbons (Fsp3) is 0.889. The predicted molar refractivity (Wildman–Crippen MR) is 42.8 cm³/mol. The molecule has 1 N–H and O–H groups in total. The topological polar surface area (TPSA) is 50.1 Å². The molecule has 3 nitrogen and oxygen atoms in total. The Balaban J connectivity index is 0.000000422. The maximum absolute atomic E-state index is 10.5. The van der Waals surface area contributed by atoms with E-state index in [1.54, 1.807) is 0 Å². The second kappa shape index (κ2) is 3.74. The zero-order valence-electron chi connectivity index (χ0n) is 7.94. The molecule has 3 aliphatic rings. The van der Waals surface area contributed by atoms with E-state index in [1.807, 2.05) is 0 Å². The smallest absolute Gasteiger partial charge is 0.870 e. The molecule has 3 rings (SSSR count). The van der Waals surface area contributed by atoms with E-state index in [0.717, 1.165) is 12.0 Å². The third kappa shape index (κ3) is 1.84. The van der Waals surface area contributed by atoms with E-state index < -0.39 is 0 Å². The normalized spacial score (nSPS) is 41.4. The molecule has 0 aromatic heterocycles. The molecule has 0 bridgehead atoms. The van der Waals surface area contributed by atoms with Crippen LogP contribution in [0.25, 0.3) is 0 Å². The van der Waals surface area contributed by atoms with Crippen LogP contribution in [0.15, 0.2) is 0 Å². The van der Waals surface area contributed by atoms with Gasteiger partial charge in [-0.1, -0.05) is 6.04 Å². The van der Waals surface area contributed by atoms with Gasteiger partial charge in [-0.15, -0.1) is 0 Å². The summed E-state index contributed by atoms with van der Waals surface area (Å²) in [6, 6.07) is 1.60. The third-order valence-electron chi connectivity index (χ3n) is 3.09. The van der Waals surface area contributed by atoms with E-state index in [2.05, 4.69) is 11.2 Å². The molecule has 0 amide bonds. The molecule has 2 saturated carbocycles. The maximum Gasteiger partial charge on any atom is 1.00 e. The predicted octanol–water partition coefficient (Wildman–Crippen LogP) is -2.45. The van der Waals surface area contributed by atoms with Crippen molar-refractivity contribution in [3.8, 4) is 0 Å². The summed E-state index contributed by atoms with van der Waals surface area (Å²) in [6.07, 6.45) is 7.51. The van der Waals surface area contributed by atoms with E-state index in [-0.39, 0.29) is 30.4 Å². The Morgan fingerprint density at radius 3 is 2.15 bits per heavy atom. The molecule has 68 valence electrons. The first-order valence-electron chi connectivity index (χ1n) is 4.57. The average molecular weight is 174 g/mol. The van der Waals surface area contributed by atoms with Gasteiger partial charge in [0.2, 0.25) is 0 Å². The minimum absolute atomic E-state index is 0. The Bertz CT molecular complexity index is 186. The molecule has 3 fully saturated rings. The molecular weight excluding hydrogens is 161 g/mol. The van der Waals surface area contributed by atoms with Crippen LogP contribution in [-0.4, -0.2) is 34.8 Å². The van der Waals surface area contributed by atoms with Crippen molar-refractivity contribution in [1.29, 1.82) is 0 Å². The summed E-state index contributed by atoms with van der Waals surface area (Å²) in [7, 11) is 0. The Morgan fingerprint density at radius 1 is 1.15 bits per heavy atom. The van der Waals surface area contributed by atoms with Crippen molar-refractivity contribution >= 4 is 6.29 Å².